The molecule has 2 aromatic rings. The van der Waals surface area contributed by atoms with Crippen LogP contribution in [0.5, 0.6) is 5.75 Å². The van der Waals surface area contributed by atoms with Gasteiger partial charge in [-0.3, -0.25) is 9.98 Å². The van der Waals surface area contributed by atoms with Crippen molar-refractivity contribution in [3.05, 3.63) is 48.3 Å². The number of amidine groups is 1. The van der Waals surface area contributed by atoms with E-state index in [-0.39, 0.29) is 30.4 Å². The van der Waals surface area contributed by atoms with Crippen LogP contribution in [0.3, 0.4) is 0 Å². The van der Waals surface area contributed by atoms with Crippen molar-refractivity contribution >= 4 is 41.7 Å². The largest absolute Gasteiger partial charge is 0.495 e. The predicted molar refractivity (Wildman–Crippen MR) is 107 cm³/mol. The van der Waals surface area contributed by atoms with Crippen LogP contribution in [0.15, 0.2) is 47.7 Å². The maximum atomic E-state index is 5.92. The van der Waals surface area contributed by atoms with Gasteiger partial charge in [0.05, 0.1) is 18.8 Å². The highest BCUT2D eigenvalue weighted by Crippen LogP contribution is 2.36. The second-order valence-corrected chi connectivity index (χ2v) is 6.63. The van der Waals surface area contributed by atoms with Gasteiger partial charge >= 0.3 is 0 Å². The lowest BCUT2D eigenvalue weighted by Gasteiger charge is -2.30. The zero-order valence-electron chi connectivity index (χ0n) is 13.6. The molecule has 0 saturated carbocycles. The summed E-state index contributed by atoms with van der Waals surface area (Å²) in [7, 11) is 1.65. The van der Waals surface area contributed by atoms with Crippen molar-refractivity contribution in [3.8, 4) is 16.9 Å². The minimum Gasteiger partial charge on any atom is -0.495 e. The van der Waals surface area contributed by atoms with E-state index in [2.05, 4.69) is 41.2 Å². The topological polar surface area (TPSA) is 60.5 Å². The number of nitrogens with two attached hydrogens (primary N) is 1. The minimum absolute atomic E-state index is 0. The van der Waals surface area contributed by atoms with E-state index in [0.717, 1.165) is 29.1 Å². The lowest BCUT2D eigenvalue weighted by molar-refractivity contribution is 0.413. The first-order valence-electron chi connectivity index (χ1n) is 7.19. The van der Waals surface area contributed by atoms with E-state index in [4.69, 9.17) is 10.5 Å². The Morgan fingerprint density at radius 3 is 2.67 bits per heavy atom. The molecule has 130 valence electrons. The van der Waals surface area contributed by atoms with Crippen LogP contribution in [0.1, 0.15) is 18.9 Å². The van der Waals surface area contributed by atoms with Gasteiger partial charge in [-0.25, -0.2) is 0 Å². The van der Waals surface area contributed by atoms with Crippen molar-refractivity contribution in [3.63, 3.8) is 0 Å². The molecule has 3 rings (SSSR count). The zero-order valence-corrected chi connectivity index (χ0v) is 16.0. The number of halogens is 2. The average molecular weight is 386 g/mol. The predicted octanol–water partition coefficient (Wildman–Crippen LogP) is 4.27. The van der Waals surface area contributed by atoms with Crippen LogP contribution < -0.4 is 10.5 Å². The van der Waals surface area contributed by atoms with Gasteiger partial charge in [-0.05, 0) is 36.6 Å². The van der Waals surface area contributed by atoms with E-state index >= 15 is 0 Å². The first-order valence-corrected chi connectivity index (χ1v) is 8.17. The van der Waals surface area contributed by atoms with Crippen molar-refractivity contribution in [2.24, 2.45) is 10.7 Å². The Morgan fingerprint density at radius 2 is 1.96 bits per heavy atom. The lowest BCUT2D eigenvalue weighted by Crippen LogP contribution is -2.28. The minimum atomic E-state index is -0.252. The summed E-state index contributed by atoms with van der Waals surface area (Å²) in [5, 5.41) is 0.669. The number of benzene rings is 1. The summed E-state index contributed by atoms with van der Waals surface area (Å²) in [5.41, 5.74) is 8.99. The van der Waals surface area contributed by atoms with Crippen LogP contribution in [-0.2, 0) is 5.54 Å². The summed E-state index contributed by atoms with van der Waals surface area (Å²) in [6.07, 6.45) is 4.54. The molecule has 4 nitrogen and oxygen atoms in total. The molecule has 0 fully saturated rings. The van der Waals surface area contributed by atoms with Gasteiger partial charge in [0, 0.05) is 17.5 Å². The highest BCUT2D eigenvalue weighted by Gasteiger charge is 2.29. The van der Waals surface area contributed by atoms with Crippen LogP contribution in [0.2, 0.25) is 0 Å². The number of aromatic nitrogens is 1. The maximum absolute atomic E-state index is 5.92. The molecule has 0 bridgehead atoms. The molecule has 1 atom stereocenters. The lowest BCUT2D eigenvalue weighted by atomic mass is 9.88. The fraction of sp³-hybridized carbons (Fsp3) is 0.294. The molecule has 1 aromatic heterocycles. The van der Waals surface area contributed by atoms with Crippen molar-refractivity contribution in [2.75, 3.05) is 12.9 Å². The normalized spacial score (nSPS) is 19.5. The standard InChI is InChI=1S/C17H19N3OS.2ClH/c1-17(6-7-22-16(18)20-17)14-5-3-4-12(8-14)13-9-15(21-2)11-19-10-13;;/h3-5,8-11H,6-7H2,1-2H3,(H2,18,20);2*1H/t17-;;/m0../s1. The van der Waals surface area contributed by atoms with Gasteiger partial charge in [0.25, 0.3) is 0 Å². The summed E-state index contributed by atoms with van der Waals surface area (Å²) in [6, 6.07) is 10.4. The summed E-state index contributed by atoms with van der Waals surface area (Å²) < 4.78 is 5.25. The zero-order chi connectivity index (χ0) is 15.6. The SMILES string of the molecule is COc1cncc(-c2cccc([C@]3(C)CCSC(N)=N3)c2)c1.Cl.Cl. The first-order chi connectivity index (χ1) is 10.6. The summed E-state index contributed by atoms with van der Waals surface area (Å²) in [4.78, 5) is 8.90. The molecule has 2 heterocycles. The molecule has 7 heteroatoms. The third-order valence-corrected chi connectivity index (χ3v) is 4.76. The Morgan fingerprint density at radius 1 is 1.17 bits per heavy atom. The van der Waals surface area contributed by atoms with Crippen molar-refractivity contribution in [2.45, 2.75) is 18.9 Å². The quantitative estimate of drug-likeness (QED) is 0.856. The summed E-state index contributed by atoms with van der Waals surface area (Å²) >= 11 is 1.62. The molecule has 1 aromatic carbocycles. The molecule has 1 aliphatic heterocycles. The molecule has 0 aliphatic carbocycles. The van der Waals surface area contributed by atoms with E-state index in [0.29, 0.717) is 5.17 Å². The molecule has 0 unspecified atom stereocenters. The Bertz CT molecular complexity index is 726. The fourth-order valence-corrected chi connectivity index (χ4v) is 3.59. The Labute approximate surface area is 159 Å². The number of ether oxygens (including phenoxy) is 1. The van der Waals surface area contributed by atoms with Gasteiger partial charge in [-0.15, -0.1) is 24.8 Å². The molecule has 0 spiro atoms. The Hall–Kier alpha value is -1.43. The number of thioether (sulfide) groups is 1. The van der Waals surface area contributed by atoms with Crippen LogP contribution >= 0.6 is 36.6 Å². The molecule has 0 amide bonds. The van der Waals surface area contributed by atoms with E-state index < -0.39 is 0 Å². The van der Waals surface area contributed by atoms with Crippen molar-refractivity contribution in [1.29, 1.82) is 0 Å². The van der Waals surface area contributed by atoms with Crippen LogP contribution in [0.25, 0.3) is 11.1 Å². The number of methoxy groups -OCH3 is 1. The number of rotatable bonds is 3. The number of pyridine rings is 1. The van der Waals surface area contributed by atoms with Gasteiger partial charge in [0.2, 0.25) is 0 Å². The molecule has 24 heavy (non-hydrogen) atoms. The monoisotopic (exact) mass is 385 g/mol. The van der Waals surface area contributed by atoms with Gasteiger partial charge in [-0.1, -0.05) is 30.0 Å². The summed E-state index contributed by atoms with van der Waals surface area (Å²) in [5.74, 6) is 1.75. The molecule has 1 aliphatic rings. The first kappa shape index (κ1) is 20.6. The van der Waals surface area contributed by atoms with E-state index in [9.17, 15) is 0 Å². The summed E-state index contributed by atoms with van der Waals surface area (Å²) in [6.45, 7) is 2.14. The molecule has 0 radical (unpaired) electrons. The number of hydrogen-bond donors (Lipinski definition) is 1. The smallest absolute Gasteiger partial charge is 0.154 e. The average Bonchev–Trinajstić information content (AvgIpc) is 2.55. The molecule has 2 N–H and O–H groups in total. The third kappa shape index (κ3) is 4.35. The van der Waals surface area contributed by atoms with Gasteiger partial charge < -0.3 is 10.5 Å². The molecular weight excluding hydrogens is 365 g/mol. The van der Waals surface area contributed by atoms with Crippen LogP contribution in [-0.4, -0.2) is 23.0 Å². The Balaban J connectivity index is 0.00000144. The second kappa shape index (κ2) is 8.60. The second-order valence-electron chi connectivity index (χ2n) is 5.52. The number of nitrogens with zero attached hydrogens (tertiary/aromatic N) is 2. The van der Waals surface area contributed by atoms with Crippen molar-refractivity contribution < 1.29 is 4.74 Å². The van der Waals surface area contributed by atoms with E-state index in [1.54, 1.807) is 25.1 Å². The van der Waals surface area contributed by atoms with Crippen LogP contribution in [0.4, 0.5) is 0 Å². The Kier molecular flexibility index (Phi) is 7.39. The van der Waals surface area contributed by atoms with Gasteiger partial charge in [-0.2, -0.15) is 0 Å². The maximum Gasteiger partial charge on any atom is 0.154 e. The number of aliphatic imine (C=N–C) groups is 1. The molecule has 0 saturated heterocycles. The highest BCUT2D eigenvalue weighted by molar-refractivity contribution is 8.13. The van der Waals surface area contributed by atoms with E-state index in [1.165, 1.54) is 5.56 Å². The van der Waals surface area contributed by atoms with Gasteiger partial charge in [0.1, 0.15) is 5.75 Å². The molecular formula is C17H21Cl2N3OS. The number of hydrogen-bond acceptors (Lipinski definition) is 5. The van der Waals surface area contributed by atoms with Crippen LogP contribution in [0, 0.1) is 0 Å². The van der Waals surface area contributed by atoms with Crippen molar-refractivity contribution in [1.82, 2.24) is 4.98 Å². The highest BCUT2D eigenvalue weighted by atomic mass is 35.5. The third-order valence-electron chi connectivity index (χ3n) is 3.96. The van der Waals surface area contributed by atoms with Gasteiger partial charge in [0.15, 0.2) is 5.17 Å². The fourth-order valence-electron chi connectivity index (χ4n) is 2.62. The van der Waals surface area contributed by atoms with E-state index in [1.807, 2.05) is 12.3 Å².